The van der Waals surface area contributed by atoms with Gasteiger partial charge in [0.05, 0.1) is 17.0 Å². The summed E-state index contributed by atoms with van der Waals surface area (Å²) in [6.45, 7) is 0.433. The second kappa shape index (κ2) is 9.25. The Morgan fingerprint density at radius 3 is 2.85 bits per heavy atom. The predicted octanol–water partition coefficient (Wildman–Crippen LogP) is 4.56. The monoisotopic (exact) mass is 367 g/mol. The number of thioether (sulfide) groups is 1. The lowest BCUT2D eigenvalue weighted by Gasteiger charge is -2.08. The molecule has 0 saturated heterocycles. The van der Waals surface area contributed by atoms with Gasteiger partial charge in [0.15, 0.2) is 0 Å². The molecule has 0 aliphatic carbocycles. The van der Waals surface area contributed by atoms with Crippen molar-refractivity contribution in [1.82, 2.24) is 4.98 Å². The van der Waals surface area contributed by atoms with Crippen LogP contribution >= 0.6 is 11.8 Å². The number of nitrogens with zero attached hydrogens (tertiary/aromatic N) is 1. The number of carboxylic acid groups (broad SMARTS) is 1. The van der Waals surface area contributed by atoms with E-state index in [9.17, 15) is 4.79 Å². The van der Waals surface area contributed by atoms with E-state index in [4.69, 9.17) is 9.84 Å². The molecule has 3 rings (SSSR count). The van der Waals surface area contributed by atoms with Gasteiger partial charge in [-0.3, -0.25) is 4.79 Å². The average molecular weight is 367 g/mol. The average Bonchev–Trinajstić information content (AvgIpc) is 2.66. The van der Waals surface area contributed by atoms with Gasteiger partial charge in [0.25, 0.3) is 0 Å². The van der Waals surface area contributed by atoms with E-state index in [0.717, 1.165) is 40.9 Å². The van der Waals surface area contributed by atoms with Gasteiger partial charge in [-0.25, -0.2) is 4.98 Å². The van der Waals surface area contributed by atoms with E-state index in [0.29, 0.717) is 6.61 Å². The summed E-state index contributed by atoms with van der Waals surface area (Å²) < 4.78 is 5.90. The van der Waals surface area contributed by atoms with Crippen LogP contribution in [0.3, 0.4) is 0 Å². The predicted molar refractivity (Wildman–Crippen MR) is 106 cm³/mol. The van der Waals surface area contributed by atoms with Crippen molar-refractivity contribution >= 4 is 28.6 Å². The molecule has 0 spiro atoms. The van der Waals surface area contributed by atoms with Crippen LogP contribution in [-0.2, 0) is 17.8 Å². The van der Waals surface area contributed by atoms with E-state index in [1.54, 1.807) is 0 Å². The van der Waals surface area contributed by atoms with Gasteiger partial charge >= 0.3 is 5.97 Å². The lowest BCUT2D eigenvalue weighted by Crippen LogP contribution is -2.00. The number of fused-ring (bicyclic) bond motifs is 1. The summed E-state index contributed by atoms with van der Waals surface area (Å²) in [5, 5.41) is 9.76. The Morgan fingerprint density at radius 1 is 1.08 bits per heavy atom. The van der Waals surface area contributed by atoms with Gasteiger partial charge in [-0.1, -0.05) is 36.4 Å². The van der Waals surface area contributed by atoms with Crippen molar-refractivity contribution in [2.24, 2.45) is 0 Å². The van der Waals surface area contributed by atoms with Crippen LogP contribution < -0.4 is 4.74 Å². The summed E-state index contributed by atoms with van der Waals surface area (Å²) in [6, 6.07) is 20.1. The van der Waals surface area contributed by atoms with E-state index in [1.807, 2.05) is 48.5 Å². The van der Waals surface area contributed by atoms with Crippen LogP contribution in [0.4, 0.5) is 0 Å². The zero-order valence-corrected chi connectivity index (χ0v) is 15.2. The lowest BCUT2D eigenvalue weighted by molar-refractivity contribution is -0.133. The van der Waals surface area contributed by atoms with Crippen molar-refractivity contribution in [2.75, 3.05) is 11.5 Å². The molecule has 0 aliphatic heterocycles. The van der Waals surface area contributed by atoms with Gasteiger partial charge in [-0.05, 0) is 48.4 Å². The number of aliphatic carboxylic acids is 1. The van der Waals surface area contributed by atoms with E-state index in [-0.39, 0.29) is 5.75 Å². The zero-order valence-electron chi connectivity index (χ0n) is 14.4. The molecule has 0 unspecified atom stereocenters. The van der Waals surface area contributed by atoms with Crippen molar-refractivity contribution in [3.8, 4) is 5.75 Å². The second-order valence-corrected chi connectivity index (χ2v) is 7.09. The Hall–Kier alpha value is -2.53. The molecule has 1 heterocycles. The maximum absolute atomic E-state index is 10.5. The molecule has 0 atom stereocenters. The molecule has 0 aliphatic rings. The van der Waals surface area contributed by atoms with Gasteiger partial charge in [-0.15, -0.1) is 0 Å². The minimum absolute atomic E-state index is 0.169. The van der Waals surface area contributed by atoms with E-state index >= 15 is 0 Å². The third-order valence-electron chi connectivity index (χ3n) is 3.92. The van der Waals surface area contributed by atoms with Crippen LogP contribution in [0.15, 0.2) is 60.7 Å². The molecular weight excluding hydrogens is 346 g/mol. The number of aromatic nitrogens is 1. The number of pyridine rings is 1. The molecule has 134 valence electrons. The number of para-hydroxylation sites is 1. The molecule has 0 radical (unpaired) electrons. The normalized spacial score (nSPS) is 10.8. The largest absolute Gasteiger partial charge is 0.487 e. The number of ether oxygens (including phenoxy) is 1. The molecule has 1 N–H and O–H groups in total. The number of aryl methyl sites for hydroxylation is 1. The van der Waals surface area contributed by atoms with Gasteiger partial charge in [0.2, 0.25) is 0 Å². The van der Waals surface area contributed by atoms with E-state index in [1.165, 1.54) is 17.3 Å². The van der Waals surface area contributed by atoms with Crippen LogP contribution in [0.1, 0.15) is 17.7 Å². The van der Waals surface area contributed by atoms with Gasteiger partial charge in [0, 0.05) is 5.39 Å². The Kier molecular flexibility index (Phi) is 6.50. The highest BCUT2D eigenvalue weighted by atomic mass is 32.2. The summed E-state index contributed by atoms with van der Waals surface area (Å²) in [5.74, 6) is 1.09. The molecule has 0 fully saturated rings. The van der Waals surface area contributed by atoms with Gasteiger partial charge < -0.3 is 9.84 Å². The third kappa shape index (κ3) is 5.49. The maximum Gasteiger partial charge on any atom is 0.313 e. The van der Waals surface area contributed by atoms with Crippen LogP contribution in [0.5, 0.6) is 5.75 Å². The fourth-order valence-corrected chi connectivity index (χ4v) is 3.34. The van der Waals surface area contributed by atoms with Crippen molar-refractivity contribution in [2.45, 2.75) is 19.4 Å². The SMILES string of the molecule is O=C(O)CSCCCc1cccc(OCc2ccc3ccccc3n2)c1. The Bertz CT molecular complexity index is 882. The number of hydrogen-bond acceptors (Lipinski definition) is 4. The van der Waals surface area contributed by atoms with Crippen LogP contribution in [0.25, 0.3) is 10.9 Å². The Labute approximate surface area is 157 Å². The highest BCUT2D eigenvalue weighted by molar-refractivity contribution is 7.99. The minimum Gasteiger partial charge on any atom is -0.487 e. The van der Waals surface area contributed by atoms with Crippen LogP contribution in [0.2, 0.25) is 0 Å². The van der Waals surface area contributed by atoms with E-state index in [2.05, 4.69) is 17.1 Å². The summed E-state index contributed by atoms with van der Waals surface area (Å²) in [7, 11) is 0. The Morgan fingerprint density at radius 2 is 1.96 bits per heavy atom. The molecule has 5 heteroatoms. The molecule has 0 saturated carbocycles. The van der Waals surface area contributed by atoms with Gasteiger partial charge in [-0.2, -0.15) is 11.8 Å². The first kappa shape index (κ1) is 18.3. The van der Waals surface area contributed by atoms with Crippen molar-refractivity contribution in [3.63, 3.8) is 0 Å². The lowest BCUT2D eigenvalue weighted by atomic mass is 10.1. The maximum atomic E-state index is 10.5. The zero-order chi connectivity index (χ0) is 18.2. The van der Waals surface area contributed by atoms with Crippen LogP contribution in [0, 0.1) is 0 Å². The van der Waals surface area contributed by atoms with E-state index < -0.39 is 5.97 Å². The molecule has 3 aromatic rings. The second-order valence-electron chi connectivity index (χ2n) is 5.98. The summed E-state index contributed by atoms with van der Waals surface area (Å²) in [6.07, 6.45) is 1.87. The molecule has 1 aromatic heterocycles. The summed E-state index contributed by atoms with van der Waals surface area (Å²) >= 11 is 1.45. The summed E-state index contributed by atoms with van der Waals surface area (Å²) in [4.78, 5) is 15.1. The van der Waals surface area contributed by atoms with Crippen LogP contribution in [-0.4, -0.2) is 27.6 Å². The minimum atomic E-state index is -0.757. The number of rotatable bonds is 9. The van der Waals surface area contributed by atoms with Crippen molar-refractivity contribution < 1.29 is 14.6 Å². The van der Waals surface area contributed by atoms with Gasteiger partial charge in [0.1, 0.15) is 12.4 Å². The highest BCUT2D eigenvalue weighted by Gasteiger charge is 2.02. The number of hydrogen-bond donors (Lipinski definition) is 1. The third-order valence-corrected chi connectivity index (χ3v) is 4.95. The highest BCUT2D eigenvalue weighted by Crippen LogP contribution is 2.18. The van der Waals surface area contributed by atoms with Crippen molar-refractivity contribution in [1.29, 1.82) is 0 Å². The summed E-state index contributed by atoms with van der Waals surface area (Å²) in [5.41, 5.74) is 3.07. The molecule has 0 amide bonds. The quantitative estimate of drug-likeness (QED) is 0.562. The first-order valence-corrected chi connectivity index (χ1v) is 9.72. The molecule has 2 aromatic carbocycles. The first-order valence-electron chi connectivity index (χ1n) is 8.57. The molecule has 4 nitrogen and oxygen atoms in total. The van der Waals surface area contributed by atoms with Crippen molar-refractivity contribution in [3.05, 3.63) is 71.9 Å². The Balaban J connectivity index is 1.52. The first-order chi connectivity index (χ1) is 12.7. The number of benzene rings is 2. The fraction of sp³-hybridized carbons (Fsp3) is 0.238. The standard InChI is InChI=1S/C21H21NO3S/c23-21(24)15-26-12-4-6-16-5-3-8-19(13-16)25-14-18-11-10-17-7-1-2-9-20(17)22-18/h1-3,5,7-11,13H,4,6,12,14-15H2,(H,23,24). The number of carboxylic acids is 1. The molecular formula is C21H21NO3S. The number of carbonyl (C=O) groups is 1. The smallest absolute Gasteiger partial charge is 0.313 e. The molecule has 26 heavy (non-hydrogen) atoms. The topological polar surface area (TPSA) is 59.4 Å². The fourth-order valence-electron chi connectivity index (χ4n) is 2.67. The molecule has 0 bridgehead atoms.